The summed E-state index contributed by atoms with van der Waals surface area (Å²) >= 11 is 0. The Morgan fingerprint density at radius 2 is 2.08 bits per heavy atom. The minimum Gasteiger partial charge on any atom is -0.286 e. The number of pyridine rings is 1. The third kappa shape index (κ3) is 6.43. The molecule has 4 nitrogen and oxygen atoms in total. The van der Waals surface area contributed by atoms with Crippen molar-refractivity contribution in [2.45, 2.75) is 20.4 Å². The summed E-state index contributed by atoms with van der Waals surface area (Å²) in [5, 5.41) is 0. The zero-order valence-electron chi connectivity index (χ0n) is 15.1. The zero-order valence-corrected chi connectivity index (χ0v) is 15.1. The third-order valence-corrected chi connectivity index (χ3v) is 3.83. The van der Waals surface area contributed by atoms with Gasteiger partial charge in [0.25, 0.3) is 0 Å². The topological polar surface area (TPSA) is 40.9 Å². The standard InChI is InChI=1S/C21H26N4/c1-5-18(22-6-2)15-25(16-19-9-7-8-13-23-19)17-20-10-11-21(3,4)12-14-24-20/h5-14H,1-2,15-17H2,3-4H3. The van der Waals surface area contributed by atoms with Crippen LogP contribution in [-0.4, -0.2) is 34.4 Å². The summed E-state index contributed by atoms with van der Waals surface area (Å²) < 4.78 is 0. The predicted molar refractivity (Wildman–Crippen MR) is 107 cm³/mol. The molecule has 4 heteroatoms. The number of hydrogen-bond acceptors (Lipinski definition) is 4. The van der Waals surface area contributed by atoms with Crippen LogP contribution in [0.3, 0.4) is 0 Å². The van der Waals surface area contributed by atoms with Gasteiger partial charge in [0.2, 0.25) is 0 Å². The predicted octanol–water partition coefficient (Wildman–Crippen LogP) is 4.20. The molecule has 130 valence electrons. The normalized spacial score (nSPS) is 16.4. The van der Waals surface area contributed by atoms with E-state index in [1.165, 1.54) is 0 Å². The van der Waals surface area contributed by atoms with Gasteiger partial charge in [-0.05, 0) is 24.3 Å². The van der Waals surface area contributed by atoms with Crippen LogP contribution in [0.1, 0.15) is 19.5 Å². The highest BCUT2D eigenvalue weighted by Gasteiger charge is 2.15. The average Bonchev–Trinajstić information content (AvgIpc) is 2.76. The second-order valence-corrected chi connectivity index (χ2v) is 6.56. The van der Waals surface area contributed by atoms with Gasteiger partial charge in [-0.1, -0.05) is 45.2 Å². The number of rotatable bonds is 8. The maximum atomic E-state index is 4.58. The Labute approximate surface area is 150 Å². The third-order valence-electron chi connectivity index (χ3n) is 3.83. The Morgan fingerprint density at radius 1 is 1.24 bits per heavy atom. The molecule has 0 atom stereocenters. The van der Waals surface area contributed by atoms with Crippen LogP contribution in [0.4, 0.5) is 0 Å². The molecule has 0 aliphatic carbocycles. The molecule has 0 saturated carbocycles. The van der Waals surface area contributed by atoms with Crippen molar-refractivity contribution in [3.8, 4) is 0 Å². The lowest BCUT2D eigenvalue weighted by Gasteiger charge is -2.22. The van der Waals surface area contributed by atoms with Gasteiger partial charge in [0, 0.05) is 43.6 Å². The molecule has 2 rings (SSSR count). The molecule has 0 amide bonds. The van der Waals surface area contributed by atoms with Crippen LogP contribution in [0.15, 0.2) is 84.2 Å². The molecule has 0 fully saturated rings. The fraction of sp³-hybridized carbons (Fsp3) is 0.286. The van der Waals surface area contributed by atoms with Crippen molar-refractivity contribution >= 4 is 11.4 Å². The maximum Gasteiger partial charge on any atom is 0.0544 e. The Hall–Kier alpha value is -2.59. The van der Waals surface area contributed by atoms with E-state index in [-0.39, 0.29) is 5.41 Å². The van der Waals surface area contributed by atoms with Gasteiger partial charge in [-0.2, -0.15) is 0 Å². The monoisotopic (exact) mass is 334 g/mol. The second kappa shape index (κ2) is 9.04. The summed E-state index contributed by atoms with van der Waals surface area (Å²) in [6.07, 6.45) is 13.4. The molecule has 1 aromatic rings. The van der Waals surface area contributed by atoms with Crippen molar-refractivity contribution in [2.75, 3.05) is 13.1 Å². The van der Waals surface area contributed by atoms with E-state index in [1.54, 1.807) is 12.3 Å². The maximum absolute atomic E-state index is 4.58. The quantitative estimate of drug-likeness (QED) is 0.668. The molecular weight excluding hydrogens is 308 g/mol. The first-order valence-corrected chi connectivity index (χ1v) is 8.38. The number of allylic oxidation sites excluding steroid dienone is 2. The Balaban J connectivity index is 2.17. The van der Waals surface area contributed by atoms with Crippen molar-refractivity contribution in [3.63, 3.8) is 0 Å². The summed E-state index contributed by atoms with van der Waals surface area (Å²) in [5.41, 5.74) is 2.92. The van der Waals surface area contributed by atoms with Crippen molar-refractivity contribution in [1.29, 1.82) is 0 Å². The number of hydrogen-bond donors (Lipinski definition) is 0. The van der Waals surface area contributed by atoms with E-state index in [0.717, 1.165) is 17.1 Å². The molecule has 0 bridgehead atoms. The fourth-order valence-electron chi connectivity index (χ4n) is 2.45. The van der Waals surface area contributed by atoms with Gasteiger partial charge in [0.1, 0.15) is 0 Å². The molecule has 0 unspecified atom stereocenters. The first-order valence-electron chi connectivity index (χ1n) is 8.38. The lowest BCUT2D eigenvalue weighted by atomic mass is 9.93. The number of nitrogens with zero attached hydrogens (tertiary/aromatic N) is 4. The molecule has 1 aliphatic heterocycles. The van der Waals surface area contributed by atoms with Crippen molar-refractivity contribution in [1.82, 2.24) is 9.88 Å². The molecule has 0 radical (unpaired) electrons. The van der Waals surface area contributed by atoms with Crippen LogP contribution in [-0.2, 0) is 6.54 Å². The van der Waals surface area contributed by atoms with E-state index < -0.39 is 0 Å². The highest BCUT2D eigenvalue weighted by atomic mass is 15.1. The Kier molecular flexibility index (Phi) is 6.78. The van der Waals surface area contributed by atoms with Crippen molar-refractivity contribution in [2.24, 2.45) is 15.4 Å². The summed E-state index contributed by atoms with van der Waals surface area (Å²) in [6.45, 7) is 13.9. The van der Waals surface area contributed by atoms with Crippen LogP contribution < -0.4 is 0 Å². The van der Waals surface area contributed by atoms with Gasteiger partial charge in [0.15, 0.2) is 0 Å². The van der Waals surface area contributed by atoms with Crippen LogP contribution in [0.5, 0.6) is 0 Å². The van der Waals surface area contributed by atoms with E-state index >= 15 is 0 Å². The SMILES string of the molecule is C=CN=C(C=C)CN(CC1=NC=CC(C)(C)C=C1)Cc1ccccn1. The van der Waals surface area contributed by atoms with E-state index in [0.29, 0.717) is 19.6 Å². The van der Waals surface area contributed by atoms with Crippen LogP contribution in [0.25, 0.3) is 0 Å². The van der Waals surface area contributed by atoms with Crippen LogP contribution in [0.2, 0.25) is 0 Å². The molecule has 25 heavy (non-hydrogen) atoms. The molecule has 0 aromatic carbocycles. The largest absolute Gasteiger partial charge is 0.286 e. The van der Waals surface area contributed by atoms with E-state index in [1.807, 2.05) is 30.6 Å². The molecule has 0 N–H and O–H groups in total. The summed E-state index contributed by atoms with van der Waals surface area (Å²) in [6, 6.07) is 5.95. The molecule has 0 saturated heterocycles. The first kappa shape index (κ1) is 18.7. The lowest BCUT2D eigenvalue weighted by Crippen LogP contribution is -2.33. The van der Waals surface area contributed by atoms with Crippen LogP contribution >= 0.6 is 0 Å². The molecular formula is C21H26N4. The number of aliphatic imine (C=N–C) groups is 2. The first-order chi connectivity index (χ1) is 12.0. The summed E-state index contributed by atoms with van der Waals surface area (Å²) in [4.78, 5) is 15.6. The molecule has 1 aromatic heterocycles. The fourth-order valence-corrected chi connectivity index (χ4v) is 2.45. The van der Waals surface area contributed by atoms with Crippen molar-refractivity contribution < 1.29 is 0 Å². The number of aromatic nitrogens is 1. The highest BCUT2D eigenvalue weighted by Crippen LogP contribution is 2.21. The lowest BCUT2D eigenvalue weighted by molar-refractivity contribution is 0.343. The van der Waals surface area contributed by atoms with Gasteiger partial charge in [-0.3, -0.25) is 19.9 Å². The van der Waals surface area contributed by atoms with E-state index in [2.05, 4.69) is 65.1 Å². The van der Waals surface area contributed by atoms with Gasteiger partial charge < -0.3 is 0 Å². The molecule has 0 spiro atoms. The summed E-state index contributed by atoms with van der Waals surface area (Å²) in [7, 11) is 0. The van der Waals surface area contributed by atoms with Gasteiger partial charge >= 0.3 is 0 Å². The minimum absolute atomic E-state index is 0.0215. The zero-order chi connectivity index (χ0) is 18.1. The second-order valence-electron chi connectivity index (χ2n) is 6.56. The molecule has 2 heterocycles. The van der Waals surface area contributed by atoms with E-state index in [9.17, 15) is 0 Å². The minimum atomic E-state index is 0.0215. The van der Waals surface area contributed by atoms with Gasteiger partial charge in [0.05, 0.1) is 17.1 Å². The summed E-state index contributed by atoms with van der Waals surface area (Å²) in [5.74, 6) is 0. The van der Waals surface area contributed by atoms with Crippen LogP contribution in [0, 0.1) is 5.41 Å². The Bertz CT molecular complexity index is 709. The van der Waals surface area contributed by atoms with Gasteiger partial charge in [-0.25, -0.2) is 0 Å². The molecule has 1 aliphatic rings. The van der Waals surface area contributed by atoms with Crippen molar-refractivity contribution in [3.05, 3.63) is 80.0 Å². The average molecular weight is 334 g/mol. The Morgan fingerprint density at radius 3 is 2.76 bits per heavy atom. The van der Waals surface area contributed by atoms with Gasteiger partial charge in [-0.15, -0.1) is 0 Å². The van der Waals surface area contributed by atoms with E-state index in [4.69, 9.17) is 0 Å². The smallest absolute Gasteiger partial charge is 0.0544 e. The highest BCUT2D eigenvalue weighted by molar-refractivity contribution is 5.99.